The number of benzene rings is 1. The van der Waals surface area contributed by atoms with E-state index < -0.39 is 0 Å². The number of nitrogens with one attached hydrogen (secondary N) is 1. The number of nitrogen functional groups attached to an aromatic ring is 1. The van der Waals surface area contributed by atoms with Gasteiger partial charge >= 0.3 is 0 Å². The molecule has 0 spiro atoms. The Hall–Kier alpha value is -1.10. The van der Waals surface area contributed by atoms with E-state index in [9.17, 15) is 0 Å². The van der Waals surface area contributed by atoms with Gasteiger partial charge in [0, 0.05) is 29.2 Å². The average Bonchev–Trinajstić information content (AvgIpc) is 2.69. The molecule has 3 N–H and O–H groups in total. The first-order chi connectivity index (χ1) is 7.74. The van der Waals surface area contributed by atoms with E-state index in [0.29, 0.717) is 10.7 Å². The van der Waals surface area contributed by atoms with Gasteiger partial charge in [-0.25, -0.2) is 4.98 Å². The van der Waals surface area contributed by atoms with Crippen molar-refractivity contribution in [2.45, 2.75) is 13.1 Å². The number of nitrogens with two attached hydrogens (primary N) is 1. The summed E-state index contributed by atoms with van der Waals surface area (Å²) in [6.07, 6.45) is 0. The minimum atomic E-state index is 0.672. The largest absolute Gasteiger partial charge is 0.399 e. The molecular formula is C11H12ClN3S. The molecule has 1 heterocycles. The second-order valence-electron chi connectivity index (χ2n) is 3.48. The second-order valence-corrected chi connectivity index (χ2v) is 4.63. The van der Waals surface area contributed by atoms with Crippen molar-refractivity contribution in [2.24, 2.45) is 0 Å². The number of anilines is 1. The van der Waals surface area contributed by atoms with Crippen molar-refractivity contribution in [1.29, 1.82) is 0 Å². The van der Waals surface area contributed by atoms with Crippen LogP contribution in [0.5, 0.6) is 0 Å². The molecule has 3 nitrogen and oxygen atoms in total. The van der Waals surface area contributed by atoms with Crippen LogP contribution >= 0.6 is 22.9 Å². The first kappa shape index (κ1) is 11.4. The lowest BCUT2D eigenvalue weighted by molar-refractivity contribution is 0.683. The van der Waals surface area contributed by atoms with Gasteiger partial charge in [-0.05, 0) is 23.8 Å². The molecule has 0 atom stereocenters. The maximum atomic E-state index is 5.91. The molecule has 84 valence electrons. The average molecular weight is 254 g/mol. The molecule has 0 aliphatic rings. The predicted molar refractivity (Wildman–Crippen MR) is 68.5 cm³/mol. The molecule has 0 aliphatic carbocycles. The van der Waals surface area contributed by atoms with Gasteiger partial charge in [0.15, 0.2) is 0 Å². The quantitative estimate of drug-likeness (QED) is 0.824. The van der Waals surface area contributed by atoms with Crippen LogP contribution in [-0.4, -0.2) is 4.98 Å². The van der Waals surface area contributed by atoms with Gasteiger partial charge in [-0.2, -0.15) is 0 Å². The Balaban J connectivity index is 1.89. The molecule has 5 heteroatoms. The van der Waals surface area contributed by atoms with Gasteiger partial charge in [0.05, 0.1) is 11.2 Å². The summed E-state index contributed by atoms with van der Waals surface area (Å²) < 4.78 is 0. The summed E-state index contributed by atoms with van der Waals surface area (Å²) in [5, 5.41) is 5.99. The highest BCUT2D eigenvalue weighted by atomic mass is 35.5. The zero-order valence-corrected chi connectivity index (χ0v) is 10.2. The second kappa shape index (κ2) is 5.30. The monoisotopic (exact) mass is 253 g/mol. The van der Waals surface area contributed by atoms with E-state index in [1.165, 1.54) is 0 Å². The van der Waals surface area contributed by atoms with Gasteiger partial charge in [-0.1, -0.05) is 11.6 Å². The van der Waals surface area contributed by atoms with Crippen LogP contribution in [0.15, 0.2) is 29.1 Å². The van der Waals surface area contributed by atoms with Crippen molar-refractivity contribution in [1.82, 2.24) is 10.3 Å². The number of nitrogens with zero attached hydrogens (tertiary/aromatic N) is 1. The molecule has 2 aromatic rings. The highest BCUT2D eigenvalue weighted by Crippen LogP contribution is 2.16. The fourth-order valence-corrected chi connectivity index (χ4v) is 2.26. The lowest BCUT2D eigenvalue weighted by Crippen LogP contribution is -2.13. The first-order valence-corrected chi connectivity index (χ1v) is 6.19. The van der Waals surface area contributed by atoms with E-state index >= 15 is 0 Å². The van der Waals surface area contributed by atoms with E-state index in [1.54, 1.807) is 17.4 Å². The molecule has 0 fully saturated rings. The van der Waals surface area contributed by atoms with E-state index in [-0.39, 0.29) is 0 Å². The van der Waals surface area contributed by atoms with Crippen LogP contribution in [-0.2, 0) is 13.1 Å². The summed E-state index contributed by atoms with van der Waals surface area (Å²) in [4.78, 5) is 4.19. The Morgan fingerprint density at radius 3 is 2.88 bits per heavy atom. The van der Waals surface area contributed by atoms with Crippen LogP contribution in [0.25, 0.3) is 0 Å². The lowest BCUT2D eigenvalue weighted by Gasteiger charge is -2.05. The van der Waals surface area contributed by atoms with Gasteiger partial charge in [0.1, 0.15) is 0 Å². The molecule has 0 amide bonds. The van der Waals surface area contributed by atoms with Crippen molar-refractivity contribution in [3.63, 3.8) is 0 Å². The summed E-state index contributed by atoms with van der Waals surface area (Å²) >= 11 is 7.51. The Morgan fingerprint density at radius 1 is 1.31 bits per heavy atom. The van der Waals surface area contributed by atoms with Gasteiger partial charge in [-0.3, -0.25) is 0 Å². The SMILES string of the molecule is Nc1cc(Cl)cc(CNCc2cscn2)c1. The molecule has 16 heavy (non-hydrogen) atoms. The smallest absolute Gasteiger partial charge is 0.0795 e. The highest BCUT2D eigenvalue weighted by Gasteiger charge is 1.98. The first-order valence-electron chi connectivity index (χ1n) is 4.87. The summed E-state index contributed by atoms with van der Waals surface area (Å²) in [6.45, 7) is 1.50. The molecule has 1 aromatic heterocycles. The number of hydrogen-bond acceptors (Lipinski definition) is 4. The Kier molecular flexibility index (Phi) is 3.77. The molecule has 0 bridgehead atoms. The molecule has 0 saturated carbocycles. The normalized spacial score (nSPS) is 10.6. The summed E-state index contributed by atoms with van der Waals surface area (Å²) in [5.74, 6) is 0. The van der Waals surface area contributed by atoms with Crippen molar-refractivity contribution in [2.75, 3.05) is 5.73 Å². The number of halogens is 1. The van der Waals surface area contributed by atoms with E-state index in [1.807, 2.05) is 23.0 Å². The van der Waals surface area contributed by atoms with E-state index in [2.05, 4.69) is 10.3 Å². The number of hydrogen-bond donors (Lipinski definition) is 2. The number of aromatic nitrogens is 1. The fraction of sp³-hybridized carbons (Fsp3) is 0.182. The molecule has 2 rings (SSSR count). The van der Waals surface area contributed by atoms with Crippen molar-refractivity contribution < 1.29 is 0 Å². The molecule has 0 radical (unpaired) electrons. The third-order valence-electron chi connectivity index (χ3n) is 2.10. The maximum absolute atomic E-state index is 5.91. The molecule has 0 aliphatic heterocycles. The van der Waals surface area contributed by atoms with Crippen molar-refractivity contribution in [3.8, 4) is 0 Å². The van der Waals surface area contributed by atoms with Crippen LogP contribution in [0, 0.1) is 0 Å². The van der Waals surface area contributed by atoms with E-state index in [4.69, 9.17) is 17.3 Å². The van der Waals surface area contributed by atoms with Gasteiger partial charge in [-0.15, -0.1) is 11.3 Å². The Bertz CT molecular complexity index is 436. The fourth-order valence-electron chi connectivity index (χ4n) is 1.44. The highest BCUT2D eigenvalue weighted by molar-refractivity contribution is 7.07. The molecular weight excluding hydrogens is 242 g/mol. The van der Waals surface area contributed by atoms with Crippen LogP contribution in [0.3, 0.4) is 0 Å². The van der Waals surface area contributed by atoms with Gasteiger partial charge < -0.3 is 11.1 Å². The van der Waals surface area contributed by atoms with Gasteiger partial charge in [0.25, 0.3) is 0 Å². The Labute approximate surface area is 103 Å². The van der Waals surface area contributed by atoms with Crippen molar-refractivity contribution in [3.05, 3.63) is 45.4 Å². The number of thiazole rings is 1. The molecule has 0 unspecified atom stereocenters. The standard InChI is InChI=1S/C11H12ClN3S/c12-9-1-8(2-10(13)3-9)4-14-5-11-6-16-7-15-11/h1-3,6-7,14H,4-5,13H2. The van der Waals surface area contributed by atoms with Crippen LogP contribution in [0.1, 0.15) is 11.3 Å². The molecule has 0 saturated heterocycles. The van der Waals surface area contributed by atoms with E-state index in [0.717, 1.165) is 24.3 Å². The van der Waals surface area contributed by atoms with Crippen molar-refractivity contribution >= 4 is 28.6 Å². The summed E-state index contributed by atoms with van der Waals surface area (Å²) in [5.41, 5.74) is 10.4. The van der Waals surface area contributed by atoms with Crippen LogP contribution < -0.4 is 11.1 Å². The summed E-state index contributed by atoms with van der Waals surface area (Å²) in [6, 6.07) is 5.57. The third-order valence-corrected chi connectivity index (χ3v) is 2.95. The Morgan fingerprint density at radius 2 is 2.19 bits per heavy atom. The predicted octanol–water partition coefficient (Wildman–Crippen LogP) is 2.67. The zero-order chi connectivity index (χ0) is 11.4. The van der Waals surface area contributed by atoms with Crippen LogP contribution in [0.4, 0.5) is 5.69 Å². The van der Waals surface area contributed by atoms with Gasteiger partial charge in [0.2, 0.25) is 0 Å². The zero-order valence-electron chi connectivity index (χ0n) is 8.61. The third kappa shape index (κ3) is 3.20. The minimum Gasteiger partial charge on any atom is -0.399 e. The number of rotatable bonds is 4. The molecule has 1 aromatic carbocycles. The minimum absolute atomic E-state index is 0.672. The topological polar surface area (TPSA) is 50.9 Å². The maximum Gasteiger partial charge on any atom is 0.0795 e. The lowest BCUT2D eigenvalue weighted by atomic mass is 10.2. The van der Waals surface area contributed by atoms with Crippen LogP contribution in [0.2, 0.25) is 5.02 Å². The summed E-state index contributed by atoms with van der Waals surface area (Å²) in [7, 11) is 0.